The van der Waals surface area contributed by atoms with E-state index in [0.717, 1.165) is 12.1 Å². The van der Waals surface area contributed by atoms with Crippen LogP contribution in [0, 0.1) is 5.41 Å². The first-order chi connectivity index (χ1) is 9.79. The highest BCUT2D eigenvalue weighted by Gasteiger charge is 2.32. The van der Waals surface area contributed by atoms with E-state index in [0.29, 0.717) is 17.4 Å². The van der Waals surface area contributed by atoms with Gasteiger partial charge in [0.05, 0.1) is 5.56 Å². The van der Waals surface area contributed by atoms with Crippen molar-refractivity contribution in [1.82, 2.24) is 4.98 Å². The van der Waals surface area contributed by atoms with Crippen LogP contribution in [-0.4, -0.2) is 22.1 Å². The van der Waals surface area contributed by atoms with Gasteiger partial charge in [0.15, 0.2) is 0 Å². The molecule has 4 nitrogen and oxygen atoms in total. The molecular weight excluding hydrogens is 264 g/mol. The molecule has 2 N–H and O–H groups in total. The first-order valence-corrected chi connectivity index (χ1v) is 7.81. The maximum atomic E-state index is 11.3. The molecule has 2 rings (SSSR count). The molecule has 0 saturated heterocycles. The highest BCUT2D eigenvalue weighted by molar-refractivity contribution is 5.88. The van der Waals surface area contributed by atoms with Crippen molar-refractivity contribution in [3.8, 4) is 0 Å². The van der Waals surface area contributed by atoms with Crippen LogP contribution >= 0.6 is 0 Å². The number of pyridine rings is 1. The van der Waals surface area contributed by atoms with E-state index in [1.165, 1.54) is 19.3 Å². The van der Waals surface area contributed by atoms with Crippen LogP contribution in [0.25, 0.3) is 0 Å². The Morgan fingerprint density at radius 1 is 1.38 bits per heavy atom. The minimum Gasteiger partial charge on any atom is -0.478 e. The van der Waals surface area contributed by atoms with Gasteiger partial charge in [-0.25, -0.2) is 9.78 Å². The molecule has 1 fully saturated rings. The highest BCUT2D eigenvalue weighted by atomic mass is 16.4. The fourth-order valence-corrected chi connectivity index (χ4v) is 2.99. The zero-order chi connectivity index (χ0) is 15.6. The molecule has 1 atom stereocenters. The molecule has 0 aromatic carbocycles. The summed E-state index contributed by atoms with van der Waals surface area (Å²) in [6.07, 6.45) is 4.80. The van der Waals surface area contributed by atoms with Gasteiger partial charge in [-0.15, -0.1) is 0 Å². The molecule has 1 saturated carbocycles. The van der Waals surface area contributed by atoms with Crippen molar-refractivity contribution in [2.24, 2.45) is 5.41 Å². The molecule has 1 aromatic rings. The number of carbonyl (C=O) groups is 1. The summed E-state index contributed by atoms with van der Waals surface area (Å²) < 4.78 is 0. The Morgan fingerprint density at radius 3 is 2.67 bits per heavy atom. The largest absolute Gasteiger partial charge is 0.478 e. The SMILES string of the molecule is CC(C)c1cc(C(=O)O)cc(NC2CCCCC2(C)C)n1. The summed E-state index contributed by atoms with van der Waals surface area (Å²) in [4.78, 5) is 15.9. The van der Waals surface area contributed by atoms with E-state index in [9.17, 15) is 9.90 Å². The standard InChI is InChI=1S/C17H26N2O2/c1-11(2)13-9-12(16(20)21)10-15(18-13)19-14-7-5-6-8-17(14,3)4/h9-11,14H,5-8H2,1-4H3,(H,18,19)(H,20,21). The van der Waals surface area contributed by atoms with Crippen LogP contribution in [0.3, 0.4) is 0 Å². The first kappa shape index (κ1) is 15.8. The van der Waals surface area contributed by atoms with Gasteiger partial charge in [0.25, 0.3) is 0 Å². The third-order valence-corrected chi connectivity index (χ3v) is 4.51. The Bertz CT molecular complexity index is 524. The number of hydrogen-bond donors (Lipinski definition) is 2. The molecule has 1 unspecified atom stereocenters. The summed E-state index contributed by atoms with van der Waals surface area (Å²) in [5.74, 6) is 0.00745. The van der Waals surface area contributed by atoms with E-state index in [1.54, 1.807) is 12.1 Å². The molecule has 0 amide bonds. The van der Waals surface area contributed by atoms with Crippen molar-refractivity contribution in [1.29, 1.82) is 0 Å². The van der Waals surface area contributed by atoms with Gasteiger partial charge in [0.1, 0.15) is 5.82 Å². The van der Waals surface area contributed by atoms with Crippen LogP contribution in [-0.2, 0) is 0 Å². The summed E-state index contributed by atoms with van der Waals surface area (Å²) in [6.45, 7) is 8.60. The minimum absolute atomic E-state index is 0.212. The lowest BCUT2D eigenvalue weighted by Gasteiger charge is -2.39. The quantitative estimate of drug-likeness (QED) is 0.868. The molecule has 0 spiro atoms. The maximum absolute atomic E-state index is 11.3. The number of rotatable bonds is 4. The molecule has 1 aliphatic rings. The van der Waals surface area contributed by atoms with Crippen molar-refractivity contribution in [2.75, 3.05) is 5.32 Å². The van der Waals surface area contributed by atoms with E-state index < -0.39 is 5.97 Å². The second kappa shape index (κ2) is 6.04. The molecule has 1 aromatic heterocycles. The number of aromatic nitrogens is 1. The van der Waals surface area contributed by atoms with Crippen molar-refractivity contribution in [3.05, 3.63) is 23.4 Å². The van der Waals surface area contributed by atoms with E-state index in [-0.39, 0.29) is 11.3 Å². The van der Waals surface area contributed by atoms with Crippen LogP contribution < -0.4 is 5.32 Å². The van der Waals surface area contributed by atoms with Gasteiger partial charge in [-0.3, -0.25) is 0 Å². The number of carboxylic acid groups (broad SMARTS) is 1. The zero-order valence-electron chi connectivity index (χ0n) is 13.4. The zero-order valence-corrected chi connectivity index (χ0v) is 13.4. The summed E-state index contributed by atoms with van der Waals surface area (Å²) in [6, 6.07) is 3.67. The van der Waals surface area contributed by atoms with Crippen molar-refractivity contribution in [2.45, 2.75) is 65.3 Å². The second-order valence-electron chi connectivity index (χ2n) is 7.06. The first-order valence-electron chi connectivity index (χ1n) is 7.81. The van der Waals surface area contributed by atoms with Crippen LogP contribution in [0.2, 0.25) is 0 Å². The number of hydrogen-bond acceptors (Lipinski definition) is 3. The average Bonchev–Trinajstić information content (AvgIpc) is 2.40. The van der Waals surface area contributed by atoms with E-state index in [2.05, 4.69) is 24.1 Å². The van der Waals surface area contributed by atoms with Crippen LogP contribution in [0.15, 0.2) is 12.1 Å². The van der Waals surface area contributed by atoms with Crippen LogP contribution in [0.4, 0.5) is 5.82 Å². The lowest BCUT2D eigenvalue weighted by atomic mass is 9.73. The maximum Gasteiger partial charge on any atom is 0.335 e. The Kier molecular flexibility index (Phi) is 4.55. The second-order valence-corrected chi connectivity index (χ2v) is 7.06. The third-order valence-electron chi connectivity index (χ3n) is 4.51. The van der Waals surface area contributed by atoms with Crippen molar-refractivity contribution >= 4 is 11.8 Å². The number of nitrogens with zero attached hydrogens (tertiary/aromatic N) is 1. The van der Waals surface area contributed by atoms with Gasteiger partial charge in [-0.1, -0.05) is 40.5 Å². The Hall–Kier alpha value is -1.58. The Morgan fingerprint density at radius 2 is 2.10 bits per heavy atom. The fourth-order valence-electron chi connectivity index (χ4n) is 2.99. The predicted octanol–water partition coefficient (Wildman–Crippen LogP) is 4.28. The number of aromatic carboxylic acids is 1. The molecule has 21 heavy (non-hydrogen) atoms. The molecule has 1 aliphatic carbocycles. The van der Waals surface area contributed by atoms with Crippen LogP contribution in [0.5, 0.6) is 0 Å². The van der Waals surface area contributed by atoms with Gasteiger partial charge in [-0.05, 0) is 36.3 Å². The van der Waals surface area contributed by atoms with Gasteiger partial charge in [0.2, 0.25) is 0 Å². The minimum atomic E-state index is -0.898. The smallest absolute Gasteiger partial charge is 0.335 e. The molecular formula is C17H26N2O2. The normalized spacial score (nSPS) is 21.3. The topological polar surface area (TPSA) is 62.2 Å². The van der Waals surface area contributed by atoms with Crippen molar-refractivity contribution < 1.29 is 9.90 Å². The molecule has 0 bridgehead atoms. The molecule has 4 heteroatoms. The summed E-state index contributed by atoms with van der Waals surface area (Å²) in [7, 11) is 0. The number of nitrogens with one attached hydrogen (secondary N) is 1. The fraction of sp³-hybridized carbons (Fsp3) is 0.647. The molecule has 0 aliphatic heterocycles. The van der Waals surface area contributed by atoms with Crippen molar-refractivity contribution in [3.63, 3.8) is 0 Å². The summed E-state index contributed by atoms with van der Waals surface area (Å²) in [5.41, 5.74) is 1.35. The van der Waals surface area contributed by atoms with E-state index in [4.69, 9.17) is 0 Å². The summed E-state index contributed by atoms with van der Waals surface area (Å²) >= 11 is 0. The molecule has 0 radical (unpaired) electrons. The molecule has 1 heterocycles. The number of anilines is 1. The Labute approximate surface area is 127 Å². The number of carboxylic acids is 1. The third kappa shape index (κ3) is 3.74. The monoisotopic (exact) mass is 290 g/mol. The highest BCUT2D eigenvalue weighted by Crippen LogP contribution is 2.37. The molecule has 116 valence electrons. The predicted molar refractivity (Wildman–Crippen MR) is 84.9 cm³/mol. The van der Waals surface area contributed by atoms with Gasteiger partial charge >= 0.3 is 5.97 Å². The van der Waals surface area contributed by atoms with Gasteiger partial charge in [0, 0.05) is 11.7 Å². The van der Waals surface area contributed by atoms with Crippen LogP contribution in [0.1, 0.15) is 75.3 Å². The van der Waals surface area contributed by atoms with E-state index >= 15 is 0 Å². The Balaban J connectivity index is 2.28. The van der Waals surface area contributed by atoms with Gasteiger partial charge in [-0.2, -0.15) is 0 Å². The lowest BCUT2D eigenvalue weighted by molar-refractivity contribution is 0.0696. The van der Waals surface area contributed by atoms with Gasteiger partial charge < -0.3 is 10.4 Å². The van der Waals surface area contributed by atoms with E-state index in [1.807, 2.05) is 13.8 Å². The average molecular weight is 290 g/mol. The lowest BCUT2D eigenvalue weighted by Crippen LogP contribution is -2.39. The summed E-state index contributed by atoms with van der Waals surface area (Å²) in [5, 5.41) is 12.8.